The van der Waals surface area contributed by atoms with Crippen LogP contribution in [0.3, 0.4) is 0 Å². The van der Waals surface area contributed by atoms with Crippen molar-refractivity contribution in [2.45, 2.75) is 31.5 Å². The Morgan fingerprint density at radius 2 is 1.68 bits per heavy atom. The number of alkyl halides is 3. The van der Waals surface area contributed by atoms with E-state index in [2.05, 4.69) is 4.99 Å². The number of benzene rings is 2. The number of halogens is 3. The first-order valence-corrected chi connectivity index (χ1v) is 8.19. The van der Waals surface area contributed by atoms with Crippen molar-refractivity contribution < 1.29 is 13.2 Å². The fourth-order valence-electron chi connectivity index (χ4n) is 2.98. The zero-order valence-corrected chi connectivity index (χ0v) is 13.5. The van der Waals surface area contributed by atoms with Crippen molar-refractivity contribution in [3.63, 3.8) is 0 Å². The average molecular weight is 342 g/mol. The molecule has 1 aliphatic rings. The van der Waals surface area contributed by atoms with Crippen LogP contribution in [0.15, 0.2) is 59.6 Å². The Bertz CT molecular complexity index is 782. The van der Waals surface area contributed by atoms with Crippen LogP contribution >= 0.6 is 0 Å². The minimum atomic E-state index is -4.39. The molecule has 2 aromatic carbocycles. The second kappa shape index (κ2) is 7.10. The van der Waals surface area contributed by atoms with Gasteiger partial charge in [0.2, 0.25) is 0 Å². The molecule has 1 fully saturated rings. The molecule has 128 valence electrons. The molecule has 5 heteroatoms. The quantitative estimate of drug-likeness (QED) is 0.670. The van der Waals surface area contributed by atoms with Gasteiger partial charge in [-0.3, -0.25) is 4.99 Å². The van der Waals surface area contributed by atoms with Crippen molar-refractivity contribution in [2.75, 3.05) is 0 Å². The van der Waals surface area contributed by atoms with Crippen molar-refractivity contribution in [1.82, 2.24) is 0 Å². The van der Waals surface area contributed by atoms with Crippen molar-refractivity contribution in [1.29, 1.82) is 5.26 Å². The summed E-state index contributed by atoms with van der Waals surface area (Å²) in [6.45, 7) is 0. The standard InChI is InChI=1S/C20H17F3N2/c21-20(22,23)17-11-9-14(10-12-17)18(13-24)25-19(16-7-4-8-16)15-5-2-1-3-6-15/h1-3,5-6,9-12,16,19H,4,7-8H2/b25-18+/t19-/m0/s1. The molecule has 1 atom stereocenters. The van der Waals surface area contributed by atoms with E-state index in [9.17, 15) is 18.4 Å². The third kappa shape index (κ3) is 3.90. The minimum Gasteiger partial charge on any atom is -0.265 e. The fraction of sp³-hybridized carbons (Fsp3) is 0.300. The Hall–Kier alpha value is -2.61. The zero-order valence-electron chi connectivity index (χ0n) is 13.5. The lowest BCUT2D eigenvalue weighted by Gasteiger charge is -2.31. The molecule has 0 heterocycles. The van der Waals surface area contributed by atoms with Gasteiger partial charge >= 0.3 is 6.18 Å². The first-order chi connectivity index (χ1) is 12.0. The van der Waals surface area contributed by atoms with Gasteiger partial charge in [0.15, 0.2) is 0 Å². The molecule has 0 aromatic heterocycles. The summed E-state index contributed by atoms with van der Waals surface area (Å²) < 4.78 is 38.1. The lowest BCUT2D eigenvalue weighted by Crippen LogP contribution is -2.20. The second-order valence-electron chi connectivity index (χ2n) is 6.21. The lowest BCUT2D eigenvalue weighted by atomic mass is 9.77. The summed E-state index contributed by atoms with van der Waals surface area (Å²) in [5, 5.41) is 9.47. The summed E-state index contributed by atoms with van der Waals surface area (Å²) in [7, 11) is 0. The van der Waals surface area contributed by atoms with Crippen LogP contribution in [-0.2, 0) is 6.18 Å². The molecule has 0 amide bonds. The molecule has 2 nitrogen and oxygen atoms in total. The fourth-order valence-corrected chi connectivity index (χ4v) is 2.98. The first-order valence-electron chi connectivity index (χ1n) is 8.19. The van der Waals surface area contributed by atoms with Gasteiger partial charge in [0, 0.05) is 5.56 Å². The molecule has 1 aliphatic carbocycles. The van der Waals surface area contributed by atoms with Crippen LogP contribution in [0.2, 0.25) is 0 Å². The van der Waals surface area contributed by atoms with Crippen molar-refractivity contribution in [3.8, 4) is 6.07 Å². The van der Waals surface area contributed by atoms with Crippen molar-refractivity contribution in [2.24, 2.45) is 10.9 Å². The zero-order chi connectivity index (χ0) is 17.9. The highest BCUT2D eigenvalue weighted by Gasteiger charge is 2.31. The van der Waals surface area contributed by atoms with Crippen LogP contribution in [-0.4, -0.2) is 5.71 Å². The molecule has 0 aliphatic heterocycles. The number of rotatable bonds is 4. The molecule has 0 radical (unpaired) electrons. The first kappa shape index (κ1) is 17.2. The van der Waals surface area contributed by atoms with E-state index in [1.165, 1.54) is 12.1 Å². The third-order valence-electron chi connectivity index (χ3n) is 4.60. The van der Waals surface area contributed by atoms with E-state index in [0.717, 1.165) is 37.0 Å². The SMILES string of the molecule is N#C/C(=N\[C@@H](c1ccccc1)C1CCC1)c1ccc(C(F)(F)F)cc1. The van der Waals surface area contributed by atoms with Crippen LogP contribution in [0.5, 0.6) is 0 Å². The Morgan fingerprint density at radius 3 is 2.16 bits per heavy atom. The summed E-state index contributed by atoms with van der Waals surface area (Å²) in [6.07, 6.45) is -1.14. The predicted octanol–water partition coefficient (Wildman–Crippen LogP) is 5.56. The van der Waals surface area contributed by atoms with E-state index in [-0.39, 0.29) is 11.8 Å². The normalized spacial score (nSPS) is 16.8. The molecule has 2 aromatic rings. The van der Waals surface area contributed by atoms with E-state index in [0.29, 0.717) is 11.5 Å². The molecule has 0 saturated heterocycles. The van der Waals surface area contributed by atoms with E-state index in [4.69, 9.17) is 0 Å². The Morgan fingerprint density at radius 1 is 1.04 bits per heavy atom. The van der Waals surface area contributed by atoms with Gasteiger partial charge in [-0.25, -0.2) is 0 Å². The Balaban J connectivity index is 1.93. The molecule has 1 saturated carbocycles. The second-order valence-corrected chi connectivity index (χ2v) is 6.21. The molecule has 0 N–H and O–H groups in total. The predicted molar refractivity (Wildman–Crippen MR) is 90.1 cm³/mol. The van der Waals surface area contributed by atoms with Gasteiger partial charge < -0.3 is 0 Å². The maximum absolute atomic E-state index is 12.7. The number of nitriles is 1. The Kier molecular flexibility index (Phi) is 4.89. The summed E-state index contributed by atoms with van der Waals surface area (Å²) in [5.74, 6) is 0.375. The highest BCUT2D eigenvalue weighted by molar-refractivity contribution is 6.11. The number of hydrogen-bond donors (Lipinski definition) is 0. The van der Waals surface area contributed by atoms with Gasteiger partial charge in [-0.15, -0.1) is 0 Å². The summed E-state index contributed by atoms with van der Waals surface area (Å²) in [4.78, 5) is 4.62. The molecule has 3 rings (SSSR count). The lowest BCUT2D eigenvalue weighted by molar-refractivity contribution is -0.137. The van der Waals surface area contributed by atoms with Gasteiger partial charge in [-0.2, -0.15) is 18.4 Å². The Labute approximate surface area is 144 Å². The minimum absolute atomic E-state index is 0.133. The van der Waals surface area contributed by atoms with Crippen molar-refractivity contribution in [3.05, 3.63) is 71.3 Å². The van der Waals surface area contributed by atoms with Crippen LogP contribution in [0.25, 0.3) is 0 Å². The van der Waals surface area contributed by atoms with Gasteiger partial charge in [-0.1, -0.05) is 48.9 Å². The molecule has 0 bridgehead atoms. The van der Waals surface area contributed by atoms with Crippen LogP contribution in [0.1, 0.15) is 42.0 Å². The number of hydrogen-bond acceptors (Lipinski definition) is 2. The average Bonchev–Trinajstić information content (AvgIpc) is 2.57. The maximum Gasteiger partial charge on any atom is 0.416 e. The molecule has 25 heavy (non-hydrogen) atoms. The van der Waals surface area contributed by atoms with Gasteiger partial charge in [-0.05, 0) is 36.5 Å². The van der Waals surface area contributed by atoms with E-state index in [1.54, 1.807) is 0 Å². The van der Waals surface area contributed by atoms with Crippen molar-refractivity contribution >= 4 is 5.71 Å². The molecular formula is C20H17F3N2. The van der Waals surface area contributed by atoms with E-state index >= 15 is 0 Å². The van der Waals surface area contributed by atoms with Crippen LogP contribution in [0.4, 0.5) is 13.2 Å². The van der Waals surface area contributed by atoms with E-state index in [1.807, 2.05) is 36.4 Å². The monoisotopic (exact) mass is 342 g/mol. The molecular weight excluding hydrogens is 325 g/mol. The topological polar surface area (TPSA) is 36.1 Å². The number of nitrogens with zero attached hydrogens (tertiary/aromatic N) is 2. The number of aliphatic imine (C=N–C) groups is 1. The third-order valence-corrected chi connectivity index (χ3v) is 4.60. The summed E-state index contributed by atoms with van der Waals surface area (Å²) in [6, 6.07) is 16.3. The highest BCUT2D eigenvalue weighted by atomic mass is 19.4. The summed E-state index contributed by atoms with van der Waals surface area (Å²) >= 11 is 0. The summed E-state index contributed by atoms with van der Waals surface area (Å²) in [5.41, 5.74) is 0.893. The van der Waals surface area contributed by atoms with Gasteiger partial charge in [0.1, 0.15) is 11.8 Å². The molecule has 0 spiro atoms. The smallest absolute Gasteiger partial charge is 0.265 e. The maximum atomic E-state index is 12.7. The van der Waals surface area contributed by atoms with Gasteiger partial charge in [0.25, 0.3) is 0 Å². The molecule has 0 unspecified atom stereocenters. The van der Waals surface area contributed by atoms with E-state index < -0.39 is 11.7 Å². The van der Waals surface area contributed by atoms with Crippen LogP contribution in [0, 0.1) is 17.2 Å². The van der Waals surface area contributed by atoms with Crippen LogP contribution < -0.4 is 0 Å². The largest absolute Gasteiger partial charge is 0.416 e. The highest BCUT2D eigenvalue weighted by Crippen LogP contribution is 2.40. The van der Waals surface area contributed by atoms with Gasteiger partial charge in [0.05, 0.1) is 11.6 Å².